The molecule has 2 amide bonds. The van der Waals surface area contributed by atoms with Crippen molar-refractivity contribution < 1.29 is 29.0 Å². The Hall–Kier alpha value is -3.55. The lowest BCUT2D eigenvalue weighted by Gasteiger charge is -2.38. The molecule has 2 aromatic carbocycles. The number of hydrogen-bond donors (Lipinski definition) is 2. The molecule has 0 saturated carbocycles. The predicted octanol–water partition coefficient (Wildman–Crippen LogP) is 1.87. The molecule has 3 aliphatic rings. The Morgan fingerprint density at radius 1 is 1.10 bits per heavy atom. The summed E-state index contributed by atoms with van der Waals surface area (Å²) in [6.07, 6.45) is 1.38. The number of ether oxygens (including phenoxy) is 2. The summed E-state index contributed by atoms with van der Waals surface area (Å²) in [7, 11) is 0. The van der Waals surface area contributed by atoms with E-state index in [0.29, 0.717) is 30.8 Å². The van der Waals surface area contributed by atoms with Crippen LogP contribution < -0.4 is 14.8 Å². The van der Waals surface area contributed by atoms with E-state index >= 15 is 0 Å². The van der Waals surface area contributed by atoms with Crippen LogP contribution in [-0.4, -0.2) is 47.2 Å². The van der Waals surface area contributed by atoms with Gasteiger partial charge in [0.2, 0.25) is 18.6 Å². The van der Waals surface area contributed by atoms with Crippen LogP contribution in [0.25, 0.3) is 11.1 Å². The van der Waals surface area contributed by atoms with Crippen molar-refractivity contribution in [2.45, 2.75) is 31.3 Å². The number of amides is 2. The Morgan fingerprint density at radius 3 is 2.70 bits per heavy atom. The summed E-state index contributed by atoms with van der Waals surface area (Å²) in [5, 5.41) is 11.3. The van der Waals surface area contributed by atoms with Gasteiger partial charge >= 0.3 is 5.97 Å². The van der Waals surface area contributed by atoms with E-state index in [1.807, 2.05) is 36.4 Å². The number of rotatable bonds is 4. The summed E-state index contributed by atoms with van der Waals surface area (Å²) >= 11 is 0. The highest BCUT2D eigenvalue weighted by molar-refractivity contribution is 5.91. The Labute approximate surface area is 172 Å². The van der Waals surface area contributed by atoms with Gasteiger partial charge in [-0.25, -0.2) is 0 Å². The molecular formula is C22H20N2O6. The summed E-state index contributed by atoms with van der Waals surface area (Å²) in [6, 6.07) is 11.0. The minimum atomic E-state index is -1.12. The van der Waals surface area contributed by atoms with Gasteiger partial charge in [0.15, 0.2) is 11.5 Å². The molecule has 0 radical (unpaired) electrons. The van der Waals surface area contributed by atoms with Gasteiger partial charge in [0, 0.05) is 12.8 Å². The van der Waals surface area contributed by atoms with E-state index in [9.17, 15) is 14.4 Å². The van der Waals surface area contributed by atoms with E-state index in [2.05, 4.69) is 5.32 Å². The summed E-state index contributed by atoms with van der Waals surface area (Å²) < 4.78 is 10.8. The van der Waals surface area contributed by atoms with Crippen molar-refractivity contribution in [2.75, 3.05) is 13.3 Å². The SMILES string of the molecule is O=C(O)CNC(=O)[C@@H]1Cc2cc(-c3ccc4c(c3)OCO4)ccc2[C@H]2CCC(=O)N21. The van der Waals surface area contributed by atoms with Crippen LogP contribution in [0.4, 0.5) is 0 Å². The molecule has 2 aromatic rings. The molecule has 8 heteroatoms. The van der Waals surface area contributed by atoms with Crippen molar-refractivity contribution in [3.63, 3.8) is 0 Å². The third kappa shape index (κ3) is 3.04. The Morgan fingerprint density at radius 2 is 1.87 bits per heavy atom. The van der Waals surface area contributed by atoms with Gasteiger partial charge in [-0.3, -0.25) is 14.4 Å². The fraction of sp³-hybridized carbons (Fsp3) is 0.318. The van der Waals surface area contributed by atoms with Gasteiger partial charge in [-0.1, -0.05) is 24.3 Å². The van der Waals surface area contributed by atoms with Crippen LogP contribution in [0.15, 0.2) is 36.4 Å². The Balaban J connectivity index is 1.49. The molecule has 2 atom stereocenters. The predicted molar refractivity (Wildman–Crippen MR) is 105 cm³/mol. The lowest BCUT2D eigenvalue weighted by atomic mass is 9.86. The molecule has 1 fully saturated rings. The second-order valence-electron chi connectivity index (χ2n) is 7.67. The highest BCUT2D eigenvalue weighted by Gasteiger charge is 2.44. The molecule has 154 valence electrons. The van der Waals surface area contributed by atoms with Crippen LogP contribution in [-0.2, 0) is 20.8 Å². The number of carboxylic acids is 1. The van der Waals surface area contributed by atoms with Gasteiger partial charge < -0.3 is 24.8 Å². The summed E-state index contributed by atoms with van der Waals surface area (Å²) in [4.78, 5) is 37.6. The minimum absolute atomic E-state index is 0.0685. The lowest BCUT2D eigenvalue weighted by molar-refractivity contribution is -0.142. The molecule has 0 aliphatic carbocycles. The number of carbonyl (C=O) groups is 3. The van der Waals surface area contributed by atoms with Crippen LogP contribution in [0, 0.1) is 0 Å². The summed E-state index contributed by atoms with van der Waals surface area (Å²) in [6.45, 7) is -0.256. The normalized spacial score (nSPS) is 21.2. The van der Waals surface area contributed by atoms with E-state index in [1.54, 1.807) is 4.90 Å². The first-order valence-corrected chi connectivity index (χ1v) is 9.85. The summed E-state index contributed by atoms with van der Waals surface area (Å²) in [5.41, 5.74) is 4.00. The van der Waals surface area contributed by atoms with Crippen molar-refractivity contribution in [3.05, 3.63) is 47.5 Å². The first-order chi connectivity index (χ1) is 14.5. The molecule has 0 bridgehead atoms. The van der Waals surface area contributed by atoms with Gasteiger partial charge in [0.25, 0.3) is 0 Å². The zero-order valence-corrected chi connectivity index (χ0v) is 16.1. The zero-order valence-electron chi connectivity index (χ0n) is 16.1. The maximum Gasteiger partial charge on any atom is 0.322 e. The first-order valence-electron chi connectivity index (χ1n) is 9.85. The van der Waals surface area contributed by atoms with Gasteiger partial charge in [-0.05, 0) is 40.8 Å². The highest BCUT2D eigenvalue weighted by atomic mass is 16.7. The Bertz CT molecular complexity index is 1070. The molecule has 0 spiro atoms. The number of aliphatic carboxylic acids is 1. The number of fused-ring (bicyclic) bond motifs is 4. The monoisotopic (exact) mass is 408 g/mol. The van der Waals surface area contributed by atoms with Crippen LogP contribution in [0.1, 0.15) is 30.0 Å². The third-order valence-electron chi connectivity index (χ3n) is 5.93. The molecule has 3 aliphatic heterocycles. The van der Waals surface area contributed by atoms with Gasteiger partial charge in [0.1, 0.15) is 12.6 Å². The van der Waals surface area contributed by atoms with Crippen LogP contribution in [0.2, 0.25) is 0 Å². The van der Waals surface area contributed by atoms with Crippen molar-refractivity contribution >= 4 is 17.8 Å². The number of nitrogens with one attached hydrogen (secondary N) is 1. The minimum Gasteiger partial charge on any atom is -0.480 e. The number of carbonyl (C=O) groups excluding carboxylic acids is 2. The fourth-order valence-electron chi connectivity index (χ4n) is 4.57. The number of hydrogen-bond acceptors (Lipinski definition) is 5. The molecule has 0 aromatic heterocycles. The average molecular weight is 408 g/mol. The summed E-state index contributed by atoms with van der Waals surface area (Å²) in [5.74, 6) is -0.206. The van der Waals surface area contributed by atoms with E-state index in [1.165, 1.54) is 0 Å². The van der Waals surface area contributed by atoms with E-state index in [0.717, 1.165) is 22.3 Å². The second-order valence-corrected chi connectivity index (χ2v) is 7.67. The van der Waals surface area contributed by atoms with Gasteiger partial charge in [-0.2, -0.15) is 0 Å². The maximum atomic E-state index is 12.7. The largest absolute Gasteiger partial charge is 0.480 e. The second kappa shape index (κ2) is 7.05. The van der Waals surface area contributed by atoms with E-state index in [4.69, 9.17) is 14.6 Å². The van der Waals surface area contributed by atoms with E-state index < -0.39 is 24.5 Å². The average Bonchev–Trinajstić information content (AvgIpc) is 3.37. The molecule has 1 saturated heterocycles. The molecule has 3 heterocycles. The van der Waals surface area contributed by atoms with Crippen LogP contribution in [0.5, 0.6) is 11.5 Å². The number of benzene rings is 2. The molecule has 30 heavy (non-hydrogen) atoms. The smallest absolute Gasteiger partial charge is 0.322 e. The zero-order chi connectivity index (χ0) is 20.8. The molecule has 8 nitrogen and oxygen atoms in total. The van der Waals surface area contributed by atoms with E-state index in [-0.39, 0.29) is 18.7 Å². The molecular weight excluding hydrogens is 388 g/mol. The number of carboxylic acid groups (broad SMARTS) is 1. The third-order valence-corrected chi connectivity index (χ3v) is 5.93. The molecule has 2 N–H and O–H groups in total. The first kappa shape index (κ1) is 18.5. The number of nitrogens with zero attached hydrogens (tertiary/aromatic N) is 1. The maximum absolute atomic E-state index is 12.7. The van der Waals surface area contributed by atoms with Crippen molar-refractivity contribution in [1.82, 2.24) is 10.2 Å². The van der Waals surface area contributed by atoms with Gasteiger partial charge in [0.05, 0.1) is 6.04 Å². The molecule has 0 unspecified atom stereocenters. The van der Waals surface area contributed by atoms with Crippen molar-refractivity contribution in [2.24, 2.45) is 0 Å². The van der Waals surface area contributed by atoms with Crippen LogP contribution in [0.3, 0.4) is 0 Å². The van der Waals surface area contributed by atoms with Crippen molar-refractivity contribution in [3.8, 4) is 22.6 Å². The standard InChI is InChI=1S/C22H20N2O6/c25-20-6-4-16-15-3-1-12(13-2-5-18-19(9-13)30-11-29-18)7-14(15)8-17(24(16)20)22(28)23-10-21(26)27/h1-3,5,7,9,16-17H,4,6,8,10-11H2,(H,23,28)(H,26,27)/t16-,17+/m1/s1. The fourth-order valence-corrected chi connectivity index (χ4v) is 4.57. The Kier molecular flexibility index (Phi) is 4.34. The quantitative estimate of drug-likeness (QED) is 0.800. The van der Waals surface area contributed by atoms with Crippen LogP contribution >= 0.6 is 0 Å². The topological polar surface area (TPSA) is 105 Å². The van der Waals surface area contributed by atoms with Crippen molar-refractivity contribution in [1.29, 1.82) is 0 Å². The van der Waals surface area contributed by atoms with Gasteiger partial charge in [-0.15, -0.1) is 0 Å². The lowest BCUT2D eigenvalue weighted by Crippen LogP contribution is -2.52. The molecule has 5 rings (SSSR count). The highest BCUT2D eigenvalue weighted by Crippen LogP contribution is 2.43.